The van der Waals surface area contributed by atoms with Gasteiger partial charge in [0, 0.05) is 16.2 Å². The lowest BCUT2D eigenvalue weighted by Crippen LogP contribution is -2.02. The zero-order valence-corrected chi connectivity index (χ0v) is 14.2. The van der Waals surface area contributed by atoms with Gasteiger partial charge in [0.25, 0.3) is 0 Å². The van der Waals surface area contributed by atoms with Crippen molar-refractivity contribution in [1.82, 2.24) is 4.98 Å². The van der Waals surface area contributed by atoms with E-state index in [0.717, 1.165) is 10.4 Å². The molecule has 24 heavy (non-hydrogen) atoms. The van der Waals surface area contributed by atoms with Crippen LogP contribution in [0.1, 0.15) is 16.7 Å². The maximum atomic E-state index is 9.66. The summed E-state index contributed by atoms with van der Waals surface area (Å²) in [6.45, 7) is 0. The Morgan fingerprint density at radius 2 is 1.79 bits per heavy atom. The highest BCUT2D eigenvalue weighted by atomic mass is 32.2. The molecular weight excluding hydrogens is 336 g/mol. The monoisotopic (exact) mass is 348 g/mol. The highest BCUT2D eigenvalue weighted by molar-refractivity contribution is 7.98. The van der Waals surface area contributed by atoms with E-state index in [1.165, 1.54) is 23.1 Å². The summed E-state index contributed by atoms with van der Waals surface area (Å²) in [6.07, 6.45) is 0. The Morgan fingerprint density at radius 3 is 2.42 bits per heavy atom. The number of benzene rings is 1. The van der Waals surface area contributed by atoms with Gasteiger partial charge in [-0.15, -0.1) is 23.1 Å². The summed E-state index contributed by atoms with van der Waals surface area (Å²) in [6, 6.07) is 18.0. The molecule has 6 heteroatoms. The molecule has 3 aromatic rings. The highest BCUT2D eigenvalue weighted by Crippen LogP contribution is 2.38. The molecule has 4 nitrogen and oxygen atoms in total. The minimum Gasteiger partial charge on any atom is -0.383 e. The Kier molecular flexibility index (Phi) is 4.81. The zero-order valence-electron chi connectivity index (χ0n) is 12.6. The second-order valence-corrected chi connectivity index (χ2v) is 6.81. The van der Waals surface area contributed by atoms with Gasteiger partial charge in [-0.05, 0) is 17.0 Å². The van der Waals surface area contributed by atoms with Crippen LogP contribution >= 0.6 is 23.1 Å². The second-order valence-electron chi connectivity index (χ2n) is 4.90. The summed E-state index contributed by atoms with van der Waals surface area (Å²) in [5.74, 6) is 0.841. The van der Waals surface area contributed by atoms with Crippen LogP contribution in [0.3, 0.4) is 0 Å². The summed E-state index contributed by atoms with van der Waals surface area (Å²) in [5.41, 5.74) is 8.36. The molecule has 0 aliphatic heterocycles. The molecule has 2 heterocycles. The van der Waals surface area contributed by atoms with Crippen molar-refractivity contribution >= 4 is 28.9 Å². The molecule has 0 saturated heterocycles. The van der Waals surface area contributed by atoms with Crippen LogP contribution in [0.5, 0.6) is 0 Å². The number of anilines is 1. The van der Waals surface area contributed by atoms with Gasteiger partial charge in [-0.1, -0.05) is 36.4 Å². The summed E-state index contributed by atoms with van der Waals surface area (Å²) in [4.78, 5) is 5.15. The first-order chi connectivity index (χ1) is 11.7. The Labute approximate surface area is 148 Å². The third-order valence-corrected chi connectivity index (χ3v) is 5.34. The fourth-order valence-corrected chi connectivity index (χ4v) is 4.03. The lowest BCUT2D eigenvalue weighted by molar-refractivity contribution is 1.11. The number of thioether (sulfide) groups is 1. The molecule has 2 aromatic heterocycles. The van der Waals surface area contributed by atoms with Crippen LogP contribution in [-0.4, -0.2) is 4.98 Å². The minimum absolute atomic E-state index is 0.162. The summed E-state index contributed by atoms with van der Waals surface area (Å²) in [7, 11) is 0. The minimum atomic E-state index is 0.162. The fraction of sp³-hybridized carbons (Fsp3) is 0.0556. The number of nitrogens with zero attached hydrogens (tertiary/aromatic N) is 3. The number of thiophene rings is 1. The molecule has 3 rings (SSSR count). The van der Waals surface area contributed by atoms with E-state index in [9.17, 15) is 10.5 Å². The van der Waals surface area contributed by atoms with Gasteiger partial charge in [-0.2, -0.15) is 10.5 Å². The van der Waals surface area contributed by atoms with E-state index in [2.05, 4.69) is 17.1 Å². The second kappa shape index (κ2) is 7.18. The number of hydrogen-bond acceptors (Lipinski definition) is 6. The number of aromatic nitrogens is 1. The van der Waals surface area contributed by atoms with Gasteiger partial charge < -0.3 is 5.73 Å². The largest absolute Gasteiger partial charge is 0.383 e. The Balaban J connectivity index is 2.08. The van der Waals surface area contributed by atoms with Gasteiger partial charge in [0.2, 0.25) is 0 Å². The van der Waals surface area contributed by atoms with E-state index < -0.39 is 0 Å². The first kappa shape index (κ1) is 16.1. The zero-order chi connectivity index (χ0) is 16.9. The molecule has 1 aromatic carbocycles. The quantitative estimate of drug-likeness (QED) is 0.705. The van der Waals surface area contributed by atoms with E-state index in [-0.39, 0.29) is 11.4 Å². The molecule has 0 saturated carbocycles. The van der Waals surface area contributed by atoms with E-state index in [4.69, 9.17) is 5.73 Å². The average Bonchev–Trinajstić information content (AvgIpc) is 3.14. The van der Waals surface area contributed by atoms with Gasteiger partial charge >= 0.3 is 0 Å². The molecule has 0 atom stereocenters. The third kappa shape index (κ3) is 3.11. The van der Waals surface area contributed by atoms with Crippen molar-refractivity contribution in [2.24, 2.45) is 0 Å². The van der Waals surface area contributed by atoms with Crippen LogP contribution in [0.15, 0.2) is 52.9 Å². The molecule has 0 aliphatic rings. The summed E-state index contributed by atoms with van der Waals surface area (Å²) < 4.78 is 0. The van der Waals surface area contributed by atoms with Crippen LogP contribution < -0.4 is 5.73 Å². The van der Waals surface area contributed by atoms with Crippen molar-refractivity contribution in [2.45, 2.75) is 10.8 Å². The van der Waals surface area contributed by atoms with Crippen molar-refractivity contribution in [2.75, 3.05) is 5.73 Å². The molecule has 0 radical (unpaired) electrons. The van der Waals surface area contributed by atoms with Gasteiger partial charge in [0.15, 0.2) is 0 Å². The lowest BCUT2D eigenvalue weighted by atomic mass is 10.0. The number of nitrogens with two attached hydrogens (primary N) is 1. The van der Waals surface area contributed by atoms with Gasteiger partial charge in [-0.3, -0.25) is 0 Å². The van der Waals surface area contributed by atoms with Crippen LogP contribution in [0.2, 0.25) is 0 Å². The maximum absolute atomic E-state index is 9.66. The van der Waals surface area contributed by atoms with E-state index in [0.29, 0.717) is 21.9 Å². The Morgan fingerprint density at radius 1 is 1.04 bits per heavy atom. The van der Waals surface area contributed by atoms with Crippen LogP contribution in [0, 0.1) is 22.7 Å². The Hall–Kier alpha value is -2.80. The highest BCUT2D eigenvalue weighted by Gasteiger charge is 2.21. The summed E-state index contributed by atoms with van der Waals surface area (Å²) >= 11 is 2.92. The lowest BCUT2D eigenvalue weighted by Gasteiger charge is -2.11. The van der Waals surface area contributed by atoms with Gasteiger partial charge in [0.1, 0.15) is 28.5 Å². The van der Waals surface area contributed by atoms with E-state index >= 15 is 0 Å². The molecular formula is C18H12N4S2. The van der Waals surface area contributed by atoms with Crippen LogP contribution in [0.4, 0.5) is 5.82 Å². The van der Waals surface area contributed by atoms with Crippen molar-refractivity contribution in [3.05, 3.63) is 64.5 Å². The van der Waals surface area contributed by atoms with Crippen LogP contribution in [0.25, 0.3) is 10.4 Å². The molecule has 2 N–H and O–H groups in total. The SMILES string of the molecule is N#Cc1c(N)nc(SCc2ccccc2)c(C#N)c1-c1cccs1. The van der Waals surface area contributed by atoms with E-state index in [1.807, 2.05) is 47.8 Å². The third-order valence-electron chi connectivity index (χ3n) is 3.40. The maximum Gasteiger partial charge on any atom is 0.143 e. The van der Waals surface area contributed by atoms with Crippen molar-refractivity contribution in [1.29, 1.82) is 10.5 Å². The molecule has 116 valence electrons. The van der Waals surface area contributed by atoms with Crippen LogP contribution in [-0.2, 0) is 5.75 Å². The topological polar surface area (TPSA) is 86.5 Å². The average molecular weight is 348 g/mol. The molecule has 0 amide bonds. The molecule has 0 fully saturated rings. The summed E-state index contributed by atoms with van der Waals surface area (Å²) in [5, 5.41) is 21.6. The van der Waals surface area contributed by atoms with E-state index in [1.54, 1.807) is 0 Å². The number of nitrogen functional groups attached to an aromatic ring is 1. The smallest absolute Gasteiger partial charge is 0.143 e. The predicted molar refractivity (Wildman–Crippen MR) is 97.4 cm³/mol. The fourth-order valence-electron chi connectivity index (χ4n) is 2.30. The molecule has 0 spiro atoms. The normalized spacial score (nSPS) is 10.1. The number of rotatable bonds is 4. The van der Waals surface area contributed by atoms with Crippen molar-refractivity contribution < 1.29 is 0 Å². The number of nitriles is 2. The van der Waals surface area contributed by atoms with Crippen molar-refractivity contribution in [3.63, 3.8) is 0 Å². The molecule has 0 aliphatic carbocycles. The first-order valence-electron chi connectivity index (χ1n) is 7.09. The number of pyridine rings is 1. The number of hydrogen-bond donors (Lipinski definition) is 1. The van der Waals surface area contributed by atoms with Crippen molar-refractivity contribution in [3.8, 4) is 22.6 Å². The molecule has 0 bridgehead atoms. The van der Waals surface area contributed by atoms with Gasteiger partial charge in [-0.25, -0.2) is 4.98 Å². The van der Waals surface area contributed by atoms with Gasteiger partial charge in [0.05, 0.1) is 5.56 Å². The Bertz CT molecular complexity index is 936. The predicted octanol–water partition coefficient (Wildman–Crippen LogP) is 4.43. The molecule has 0 unspecified atom stereocenters. The standard InChI is InChI=1S/C18H12N4S2/c19-9-13-16(15-7-4-8-23-15)14(10-20)18(22-17(13)21)24-11-12-5-2-1-3-6-12/h1-8H,11H2,(H2,21,22). The first-order valence-corrected chi connectivity index (χ1v) is 8.95.